The van der Waals surface area contributed by atoms with Crippen LogP contribution in [0.1, 0.15) is 25.7 Å². The molecule has 74 valence electrons. The van der Waals surface area contributed by atoms with E-state index in [4.69, 9.17) is 10.5 Å². The van der Waals surface area contributed by atoms with Crippen LogP contribution in [-0.2, 0) is 9.53 Å². The minimum atomic E-state index is -0.0955. The highest BCUT2D eigenvalue weighted by atomic mass is 16.5. The highest BCUT2D eigenvalue weighted by Gasteiger charge is 2.45. The third-order valence-electron chi connectivity index (χ3n) is 3.76. The van der Waals surface area contributed by atoms with Crippen molar-refractivity contribution in [1.82, 2.24) is 0 Å². The van der Waals surface area contributed by atoms with Crippen LogP contribution in [0.15, 0.2) is 0 Å². The summed E-state index contributed by atoms with van der Waals surface area (Å²) < 4.78 is 4.79. The van der Waals surface area contributed by atoms with E-state index in [1.807, 2.05) is 0 Å². The molecule has 0 aliphatic heterocycles. The Labute approximate surface area is 78.6 Å². The van der Waals surface area contributed by atoms with Gasteiger partial charge in [-0.05, 0) is 37.5 Å². The third kappa shape index (κ3) is 1.35. The molecule has 0 aromatic rings. The molecule has 0 amide bonds. The number of esters is 1. The summed E-state index contributed by atoms with van der Waals surface area (Å²) >= 11 is 0. The van der Waals surface area contributed by atoms with Gasteiger partial charge < -0.3 is 10.5 Å². The molecule has 1 unspecified atom stereocenters. The monoisotopic (exact) mass is 183 g/mol. The van der Waals surface area contributed by atoms with Crippen LogP contribution < -0.4 is 5.73 Å². The molecule has 0 radical (unpaired) electrons. The maximum atomic E-state index is 11.5. The van der Waals surface area contributed by atoms with Crippen LogP contribution in [0.4, 0.5) is 0 Å². The normalized spacial score (nSPS) is 43.2. The fourth-order valence-electron chi connectivity index (χ4n) is 2.98. The Kier molecular flexibility index (Phi) is 2.28. The van der Waals surface area contributed by atoms with E-state index in [9.17, 15) is 4.79 Å². The van der Waals surface area contributed by atoms with Crippen molar-refractivity contribution in [3.8, 4) is 0 Å². The number of ether oxygens (including phenoxy) is 1. The Morgan fingerprint density at radius 2 is 1.77 bits per heavy atom. The molecular formula is C10H17NO2. The molecule has 0 aromatic carbocycles. The zero-order valence-electron chi connectivity index (χ0n) is 8.03. The molecule has 3 heteroatoms. The van der Waals surface area contributed by atoms with Gasteiger partial charge in [0.25, 0.3) is 0 Å². The first kappa shape index (κ1) is 9.00. The number of hydrogen-bond donors (Lipinski definition) is 1. The second-order valence-corrected chi connectivity index (χ2v) is 4.30. The summed E-state index contributed by atoms with van der Waals surface area (Å²) in [5, 5.41) is 0. The Hall–Kier alpha value is -0.570. The Morgan fingerprint density at radius 3 is 2.23 bits per heavy atom. The quantitative estimate of drug-likeness (QED) is 0.615. The molecule has 3 aliphatic rings. The molecule has 0 aromatic heterocycles. The lowest BCUT2D eigenvalue weighted by molar-refractivity contribution is -0.152. The van der Waals surface area contributed by atoms with Gasteiger partial charge in [-0.15, -0.1) is 0 Å². The summed E-state index contributed by atoms with van der Waals surface area (Å²) in [6, 6.07) is 0.0555. The Bertz CT molecular complexity index is 207. The van der Waals surface area contributed by atoms with Gasteiger partial charge in [0.15, 0.2) is 0 Å². The summed E-state index contributed by atoms with van der Waals surface area (Å²) in [4.78, 5) is 11.5. The molecule has 2 atom stereocenters. The zero-order chi connectivity index (χ0) is 9.42. The Morgan fingerprint density at radius 1 is 1.23 bits per heavy atom. The number of nitrogens with two attached hydrogens (primary N) is 1. The molecule has 3 fully saturated rings. The van der Waals surface area contributed by atoms with Crippen molar-refractivity contribution in [2.75, 3.05) is 7.11 Å². The number of hydrogen-bond acceptors (Lipinski definition) is 3. The van der Waals surface area contributed by atoms with E-state index in [0.29, 0.717) is 11.8 Å². The van der Waals surface area contributed by atoms with Crippen molar-refractivity contribution in [2.24, 2.45) is 23.5 Å². The van der Waals surface area contributed by atoms with Crippen molar-refractivity contribution in [1.29, 1.82) is 0 Å². The van der Waals surface area contributed by atoms with Gasteiger partial charge in [0.1, 0.15) is 0 Å². The van der Waals surface area contributed by atoms with Gasteiger partial charge in [-0.1, -0.05) is 0 Å². The van der Waals surface area contributed by atoms with Gasteiger partial charge in [-0.2, -0.15) is 0 Å². The molecule has 3 saturated carbocycles. The number of carbonyl (C=O) groups excluding carboxylic acids is 1. The fourth-order valence-corrected chi connectivity index (χ4v) is 2.98. The first-order chi connectivity index (χ1) is 6.24. The maximum Gasteiger partial charge on any atom is 0.310 e. The largest absolute Gasteiger partial charge is 0.469 e. The lowest BCUT2D eigenvalue weighted by Crippen LogP contribution is -2.52. The topological polar surface area (TPSA) is 52.3 Å². The summed E-state index contributed by atoms with van der Waals surface area (Å²) in [6.07, 6.45) is 4.74. The predicted molar refractivity (Wildman–Crippen MR) is 48.9 cm³/mol. The second-order valence-electron chi connectivity index (χ2n) is 4.30. The van der Waals surface area contributed by atoms with Crippen molar-refractivity contribution in [3.63, 3.8) is 0 Å². The lowest BCUT2D eigenvalue weighted by Gasteiger charge is -2.45. The highest BCUT2D eigenvalue weighted by molar-refractivity contribution is 5.74. The van der Waals surface area contributed by atoms with Gasteiger partial charge >= 0.3 is 5.97 Å². The number of methoxy groups -OCH3 is 1. The van der Waals surface area contributed by atoms with Gasteiger partial charge in [0.2, 0.25) is 0 Å². The Balaban J connectivity index is 2.14. The molecule has 2 N–H and O–H groups in total. The van der Waals surface area contributed by atoms with Crippen LogP contribution >= 0.6 is 0 Å². The molecule has 3 rings (SSSR count). The molecule has 3 aliphatic carbocycles. The molecule has 0 saturated heterocycles. The number of carbonyl (C=O) groups is 1. The van der Waals surface area contributed by atoms with Crippen molar-refractivity contribution >= 4 is 5.97 Å². The average molecular weight is 183 g/mol. The van der Waals surface area contributed by atoms with E-state index >= 15 is 0 Å². The van der Waals surface area contributed by atoms with Crippen molar-refractivity contribution in [2.45, 2.75) is 31.7 Å². The fraction of sp³-hybridized carbons (Fsp3) is 0.900. The zero-order valence-corrected chi connectivity index (χ0v) is 8.03. The number of rotatable bonds is 1. The summed E-state index contributed by atoms with van der Waals surface area (Å²) in [5.74, 6) is 0.945. The SMILES string of the molecule is COC(=O)[C@H]1C2CCC(CC2)C1N. The van der Waals surface area contributed by atoms with Crippen LogP contribution in [0.3, 0.4) is 0 Å². The standard InChI is InChI=1S/C10H17NO2/c1-13-10(12)8-6-2-4-7(5-3-6)9(8)11/h6-9H,2-5,11H2,1H3/t6?,7?,8-,9?/m0/s1. The maximum absolute atomic E-state index is 11.5. The molecule has 3 nitrogen and oxygen atoms in total. The van der Waals surface area contributed by atoms with Gasteiger partial charge in [-0.3, -0.25) is 4.79 Å². The van der Waals surface area contributed by atoms with Crippen LogP contribution in [0, 0.1) is 17.8 Å². The highest BCUT2D eigenvalue weighted by Crippen LogP contribution is 2.44. The van der Waals surface area contributed by atoms with Gasteiger partial charge in [-0.25, -0.2) is 0 Å². The van der Waals surface area contributed by atoms with E-state index in [-0.39, 0.29) is 17.9 Å². The van der Waals surface area contributed by atoms with E-state index in [2.05, 4.69) is 0 Å². The second kappa shape index (κ2) is 3.29. The summed E-state index contributed by atoms with van der Waals surface area (Å²) in [5.41, 5.74) is 6.04. The number of fused-ring (bicyclic) bond motifs is 3. The first-order valence-corrected chi connectivity index (χ1v) is 5.07. The van der Waals surface area contributed by atoms with Crippen LogP contribution in [0.5, 0.6) is 0 Å². The van der Waals surface area contributed by atoms with Gasteiger partial charge in [0, 0.05) is 6.04 Å². The van der Waals surface area contributed by atoms with E-state index in [0.717, 1.165) is 12.8 Å². The first-order valence-electron chi connectivity index (χ1n) is 5.07. The van der Waals surface area contributed by atoms with Gasteiger partial charge in [0.05, 0.1) is 13.0 Å². The molecule has 13 heavy (non-hydrogen) atoms. The summed E-state index contributed by atoms with van der Waals surface area (Å²) in [6.45, 7) is 0. The lowest BCUT2D eigenvalue weighted by atomic mass is 9.62. The molecular weight excluding hydrogens is 166 g/mol. The van der Waals surface area contributed by atoms with Crippen LogP contribution in [0.2, 0.25) is 0 Å². The van der Waals surface area contributed by atoms with E-state index < -0.39 is 0 Å². The van der Waals surface area contributed by atoms with Crippen molar-refractivity contribution in [3.05, 3.63) is 0 Å². The third-order valence-corrected chi connectivity index (χ3v) is 3.76. The predicted octanol–water partition coefficient (Wildman–Crippen LogP) is 0.923. The molecule has 0 spiro atoms. The summed E-state index contributed by atoms with van der Waals surface area (Å²) in [7, 11) is 1.46. The van der Waals surface area contributed by atoms with E-state index in [1.165, 1.54) is 20.0 Å². The minimum absolute atomic E-state index is 0.0162. The van der Waals surface area contributed by atoms with Crippen molar-refractivity contribution < 1.29 is 9.53 Å². The van der Waals surface area contributed by atoms with Crippen LogP contribution in [0.25, 0.3) is 0 Å². The van der Waals surface area contributed by atoms with E-state index in [1.54, 1.807) is 0 Å². The van der Waals surface area contributed by atoms with Crippen LogP contribution in [-0.4, -0.2) is 19.1 Å². The smallest absolute Gasteiger partial charge is 0.310 e. The molecule has 2 bridgehead atoms. The minimum Gasteiger partial charge on any atom is -0.469 e. The average Bonchev–Trinajstić information content (AvgIpc) is 2.18. The molecule has 0 heterocycles.